The summed E-state index contributed by atoms with van der Waals surface area (Å²) in [4.78, 5) is 33.1. The molecule has 6 nitrogen and oxygen atoms in total. The molecular formula is C22H21FN4O2S. The number of nitrogens with one attached hydrogen (secondary N) is 2. The number of aryl methyl sites for hydroxylation is 1. The predicted molar refractivity (Wildman–Crippen MR) is 117 cm³/mol. The fourth-order valence-corrected chi connectivity index (χ4v) is 3.52. The molecule has 0 saturated carbocycles. The first-order valence-corrected chi connectivity index (χ1v) is 10.2. The second-order valence-electron chi connectivity index (χ2n) is 6.55. The number of aromatic nitrogens is 2. The van der Waals surface area contributed by atoms with Gasteiger partial charge in [0, 0.05) is 16.6 Å². The molecule has 2 amide bonds. The van der Waals surface area contributed by atoms with Crippen LogP contribution in [0.2, 0.25) is 0 Å². The van der Waals surface area contributed by atoms with Gasteiger partial charge in [0.25, 0.3) is 0 Å². The zero-order valence-electron chi connectivity index (χ0n) is 16.6. The van der Waals surface area contributed by atoms with Crippen molar-refractivity contribution in [3.8, 4) is 11.1 Å². The molecular weight excluding hydrogens is 403 g/mol. The summed E-state index contributed by atoms with van der Waals surface area (Å²) in [5.41, 5.74) is 1.59. The number of rotatable bonds is 7. The van der Waals surface area contributed by atoms with Crippen molar-refractivity contribution in [3.05, 3.63) is 71.6 Å². The molecule has 0 aliphatic heterocycles. The molecule has 0 spiro atoms. The first kappa shape index (κ1) is 21.3. The highest BCUT2D eigenvalue weighted by Crippen LogP contribution is 2.28. The number of hydrogen-bond donors (Lipinski definition) is 2. The van der Waals surface area contributed by atoms with E-state index in [1.54, 1.807) is 31.3 Å². The van der Waals surface area contributed by atoms with Crippen LogP contribution in [-0.2, 0) is 16.0 Å². The number of hydrogen-bond acceptors (Lipinski definition) is 5. The van der Waals surface area contributed by atoms with E-state index in [0.717, 1.165) is 22.9 Å². The molecule has 0 fully saturated rings. The van der Waals surface area contributed by atoms with Crippen LogP contribution < -0.4 is 10.6 Å². The number of pyridine rings is 1. The number of amides is 2. The van der Waals surface area contributed by atoms with E-state index in [2.05, 4.69) is 27.2 Å². The molecule has 1 atom stereocenters. The molecule has 3 aromatic rings. The maximum atomic E-state index is 14.5. The number of thiazole rings is 1. The number of benzene rings is 1. The van der Waals surface area contributed by atoms with Crippen molar-refractivity contribution in [1.82, 2.24) is 9.97 Å². The SMILES string of the molecule is C=CC(=O)Nc1ccc(-c2cccc([C@H](C)C(=O)Nc3ncc(CC)s3)c2)c(F)n1. The number of nitrogens with zero attached hydrogens (tertiary/aromatic N) is 2. The van der Waals surface area contributed by atoms with Crippen LogP contribution in [0.15, 0.2) is 55.3 Å². The molecule has 2 aromatic heterocycles. The Bertz CT molecular complexity index is 1100. The highest BCUT2D eigenvalue weighted by Gasteiger charge is 2.18. The Morgan fingerprint density at radius 2 is 2.07 bits per heavy atom. The zero-order valence-corrected chi connectivity index (χ0v) is 17.4. The van der Waals surface area contributed by atoms with Crippen molar-refractivity contribution in [2.24, 2.45) is 0 Å². The highest BCUT2D eigenvalue weighted by atomic mass is 32.1. The predicted octanol–water partition coefficient (Wildman–Crippen LogP) is 4.77. The summed E-state index contributed by atoms with van der Waals surface area (Å²) in [6.07, 6.45) is 3.70. The van der Waals surface area contributed by atoms with Crippen molar-refractivity contribution >= 4 is 34.1 Å². The van der Waals surface area contributed by atoms with Crippen LogP contribution in [0.4, 0.5) is 15.3 Å². The van der Waals surface area contributed by atoms with Crippen LogP contribution in [0.5, 0.6) is 0 Å². The van der Waals surface area contributed by atoms with E-state index in [4.69, 9.17) is 0 Å². The molecule has 0 aliphatic carbocycles. The maximum absolute atomic E-state index is 14.5. The first-order chi connectivity index (χ1) is 14.4. The molecule has 1 aromatic carbocycles. The van der Waals surface area contributed by atoms with Gasteiger partial charge in [0.05, 0.1) is 5.92 Å². The van der Waals surface area contributed by atoms with Crippen LogP contribution in [0.25, 0.3) is 11.1 Å². The number of anilines is 2. The lowest BCUT2D eigenvalue weighted by molar-refractivity contribution is -0.117. The summed E-state index contributed by atoms with van der Waals surface area (Å²) < 4.78 is 14.5. The van der Waals surface area contributed by atoms with Crippen LogP contribution in [0, 0.1) is 5.95 Å². The second-order valence-corrected chi connectivity index (χ2v) is 7.67. The van der Waals surface area contributed by atoms with E-state index >= 15 is 0 Å². The van der Waals surface area contributed by atoms with Gasteiger partial charge < -0.3 is 10.6 Å². The van der Waals surface area contributed by atoms with Crippen molar-refractivity contribution in [2.75, 3.05) is 10.6 Å². The van der Waals surface area contributed by atoms with Crippen LogP contribution in [0.1, 0.15) is 30.2 Å². The largest absolute Gasteiger partial charge is 0.307 e. The lowest BCUT2D eigenvalue weighted by Gasteiger charge is -2.13. The number of halogens is 1. The van der Waals surface area contributed by atoms with Crippen LogP contribution >= 0.6 is 11.3 Å². The fraction of sp³-hybridized carbons (Fsp3) is 0.182. The van der Waals surface area contributed by atoms with Crippen LogP contribution in [-0.4, -0.2) is 21.8 Å². The average Bonchev–Trinajstić information content (AvgIpc) is 3.20. The lowest BCUT2D eigenvalue weighted by atomic mass is 9.96. The van der Waals surface area contributed by atoms with E-state index in [-0.39, 0.29) is 17.3 Å². The summed E-state index contributed by atoms with van der Waals surface area (Å²) in [5.74, 6) is -1.74. The van der Waals surface area contributed by atoms with Gasteiger partial charge in [-0.25, -0.2) is 9.97 Å². The molecule has 8 heteroatoms. The summed E-state index contributed by atoms with van der Waals surface area (Å²) >= 11 is 1.45. The Kier molecular flexibility index (Phi) is 6.68. The summed E-state index contributed by atoms with van der Waals surface area (Å²) in [5, 5.41) is 5.81. The Labute approximate surface area is 177 Å². The van der Waals surface area contributed by atoms with Gasteiger partial charge >= 0.3 is 0 Å². The molecule has 0 unspecified atom stereocenters. The molecule has 0 saturated heterocycles. The molecule has 2 heterocycles. The quantitative estimate of drug-likeness (QED) is 0.423. The monoisotopic (exact) mass is 424 g/mol. The first-order valence-electron chi connectivity index (χ1n) is 9.37. The van der Waals surface area contributed by atoms with Crippen molar-refractivity contribution < 1.29 is 14.0 Å². The van der Waals surface area contributed by atoms with Gasteiger partial charge in [-0.3, -0.25) is 9.59 Å². The standard InChI is InChI=1S/C22H21FN4O2S/c1-4-16-12-24-22(30-16)27-21(29)13(3)14-7-6-8-15(11-14)17-9-10-18(26-20(17)23)25-19(28)5-2/h5-13H,2,4H2,1,3H3,(H,24,27,29)(H,25,26,28)/t13-/m0/s1. The average molecular weight is 425 g/mol. The number of carbonyl (C=O) groups is 2. The van der Waals surface area contributed by atoms with Gasteiger partial charge in [0.15, 0.2) is 5.13 Å². The third-order valence-corrected chi connectivity index (χ3v) is 5.57. The third-order valence-electron chi connectivity index (χ3n) is 4.51. The van der Waals surface area contributed by atoms with Crippen molar-refractivity contribution in [3.63, 3.8) is 0 Å². The smallest absolute Gasteiger partial charge is 0.248 e. The normalized spacial score (nSPS) is 11.6. The van der Waals surface area contributed by atoms with Gasteiger partial charge in [0.1, 0.15) is 5.82 Å². The second kappa shape index (κ2) is 9.41. The minimum absolute atomic E-state index is 0.0972. The summed E-state index contributed by atoms with van der Waals surface area (Å²) in [7, 11) is 0. The van der Waals surface area contributed by atoms with Crippen LogP contribution in [0.3, 0.4) is 0 Å². The minimum atomic E-state index is -0.721. The topological polar surface area (TPSA) is 84.0 Å². The van der Waals surface area contributed by atoms with Gasteiger partial charge in [-0.15, -0.1) is 11.3 Å². The molecule has 2 N–H and O–H groups in total. The van der Waals surface area contributed by atoms with Crippen molar-refractivity contribution in [2.45, 2.75) is 26.2 Å². The Balaban J connectivity index is 1.79. The Morgan fingerprint density at radius 3 is 2.73 bits per heavy atom. The lowest BCUT2D eigenvalue weighted by Crippen LogP contribution is -2.18. The van der Waals surface area contributed by atoms with E-state index in [0.29, 0.717) is 10.7 Å². The van der Waals surface area contributed by atoms with E-state index in [1.165, 1.54) is 23.5 Å². The van der Waals surface area contributed by atoms with Gasteiger partial charge in [-0.1, -0.05) is 37.8 Å². The summed E-state index contributed by atoms with van der Waals surface area (Å²) in [6, 6.07) is 10.1. The molecule has 0 radical (unpaired) electrons. The van der Waals surface area contributed by atoms with Crippen molar-refractivity contribution in [1.29, 1.82) is 0 Å². The molecule has 30 heavy (non-hydrogen) atoms. The van der Waals surface area contributed by atoms with Gasteiger partial charge in [-0.05, 0) is 42.7 Å². The van der Waals surface area contributed by atoms with Gasteiger partial charge in [-0.2, -0.15) is 4.39 Å². The van der Waals surface area contributed by atoms with Gasteiger partial charge in [0.2, 0.25) is 17.8 Å². The zero-order chi connectivity index (χ0) is 21.7. The minimum Gasteiger partial charge on any atom is -0.307 e. The highest BCUT2D eigenvalue weighted by molar-refractivity contribution is 7.15. The summed E-state index contributed by atoms with van der Waals surface area (Å²) in [6.45, 7) is 7.16. The molecule has 0 aliphatic rings. The third kappa shape index (κ3) is 4.96. The maximum Gasteiger partial charge on any atom is 0.248 e. The van der Waals surface area contributed by atoms with E-state index in [1.807, 2.05) is 13.0 Å². The Morgan fingerprint density at radius 1 is 1.27 bits per heavy atom. The van der Waals surface area contributed by atoms with E-state index < -0.39 is 17.8 Å². The van der Waals surface area contributed by atoms with E-state index in [9.17, 15) is 14.0 Å². The molecule has 154 valence electrons. The molecule has 0 bridgehead atoms. The number of carbonyl (C=O) groups excluding carboxylic acids is 2. The molecule has 3 rings (SSSR count). The fourth-order valence-electron chi connectivity index (χ4n) is 2.77. The Hall–Kier alpha value is -3.39.